The van der Waals surface area contributed by atoms with E-state index in [1.165, 1.54) is 0 Å². The molecular formula is C20H22N4O2. The topological polar surface area (TPSA) is 69.0 Å². The van der Waals surface area contributed by atoms with E-state index in [0.717, 1.165) is 28.4 Å². The number of benzene rings is 2. The SMILES string of the molecule is COc1ccc(CC(=O)Nc2cccc(-n3nncc3C(C)C)c2)cc1. The van der Waals surface area contributed by atoms with E-state index in [1.54, 1.807) is 18.0 Å². The Hall–Kier alpha value is -3.15. The predicted octanol–water partition coefficient (Wildman–Crippen LogP) is 3.58. The molecule has 1 aromatic heterocycles. The normalized spacial score (nSPS) is 10.8. The first-order valence-corrected chi connectivity index (χ1v) is 8.50. The van der Waals surface area contributed by atoms with Crippen LogP contribution in [0.3, 0.4) is 0 Å². The standard InChI is InChI=1S/C20H22N4O2/c1-14(2)19-13-21-23-24(19)17-6-4-5-16(12-17)22-20(25)11-15-7-9-18(26-3)10-8-15/h4-10,12-14H,11H2,1-3H3,(H,22,25). The smallest absolute Gasteiger partial charge is 0.228 e. The fourth-order valence-electron chi connectivity index (χ4n) is 2.69. The summed E-state index contributed by atoms with van der Waals surface area (Å²) in [5.41, 5.74) is 3.55. The molecule has 6 heteroatoms. The van der Waals surface area contributed by atoms with E-state index in [2.05, 4.69) is 29.5 Å². The van der Waals surface area contributed by atoms with Gasteiger partial charge in [-0.05, 0) is 41.8 Å². The Bertz CT molecular complexity index is 885. The molecule has 1 amide bonds. The fourth-order valence-corrected chi connectivity index (χ4v) is 2.69. The maximum atomic E-state index is 12.3. The fraction of sp³-hybridized carbons (Fsp3) is 0.250. The molecule has 0 aliphatic rings. The summed E-state index contributed by atoms with van der Waals surface area (Å²) in [5.74, 6) is 1.00. The lowest BCUT2D eigenvalue weighted by Crippen LogP contribution is -2.14. The van der Waals surface area contributed by atoms with Crippen LogP contribution >= 0.6 is 0 Å². The number of hydrogen-bond donors (Lipinski definition) is 1. The van der Waals surface area contributed by atoms with Crippen LogP contribution in [-0.4, -0.2) is 28.0 Å². The number of carbonyl (C=O) groups is 1. The predicted molar refractivity (Wildman–Crippen MR) is 101 cm³/mol. The van der Waals surface area contributed by atoms with Gasteiger partial charge in [-0.3, -0.25) is 4.79 Å². The van der Waals surface area contributed by atoms with Crippen LogP contribution in [0, 0.1) is 0 Å². The third-order valence-corrected chi connectivity index (χ3v) is 4.07. The van der Waals surface area contributed by atoms with Crippen LogP contribution in [0.1, 0.15) is 31.0 Å². The van der Waals surface area contributed by atoms with Crippen LogP contribution in [0.5, 0.6) is 5.75 Å². The van der Waals surface area contributed by atoms with Crippen molar-refractivity contribution >= 4 is 11.6 Å². The zero-order chi connectivity index (χ0) is 18.5. The molecule has 134 valence electrons. The molecule has 1 heterocycles. The Balaban J connectivity index is 1.71. The molecule has 2 aromatic carbocycles. The van der Waals surface area contributed by atoms with Crippen LogP contribution in [0.4, 0.5) is 5.69 Å². The second kappa shape index (κ2) is 7.82. The van der Waals surface area contributed by atoms with E-state index < -0.39 is 0 Å². The zero-order valence-corrected chi connectivity index (χ0v) is 15.1. The van der Waals surface area contributed by atoms with Crippen LogP contribution < -0.4 is 10.1 Å². The molecule has 3 rings (SSSR count). The van der Waals surface area contributed by atoms with Crippen LogP contribution in [0.15, 0.2) is 54.7 Å². The number of nitrogens with one attached hydrogen (secondary N) is 1. The maximum Gasteiger partial charge on any atom is 0.228 e. The Labute approximate surface area is 152 Å². The summed E-state index contributed by atoms with van der Waals surface area (Å²) in [4.78, 5) is 12.3. The van der Waals surface area contributed by atoms with Gasteiger partial charge in [0.05, 0.1) is 31.1 Å². The van der Waals surface area contributed by atoms with E-state index in [9.17, 15) is 4.79 Å². The number of nitrogens with zero attached hydrogens (tertiary/aromatic N) is 3. The quantitative estimate of drug-likeness (QED) is 0.738. The number of anilines is 1. The van der Waals surface area contributed by atoms with Crippen molar-refractivity contribution in [3.63, 3.8) is 0 Å². The van der Waals surface area contributed by atoms with Crippen molar-refractivity contribution < 1.29 is 9.53 Å². The first-order chi connectivity index (χ1) is 12.6. The lowest BCUT2D eigenvalue weighted by atomic mass is 10.1. The first-order valence-electron chi connectivity index (χ1n) is 8.50. The second-order valence-corrected chi connectivity index (χ2v) is 6.35. The molecule has 0 spiro atoms. The molecule has 0 fully saturated rings. The summed E-state index contributed by atoms with van der Waals surface area (Å²) in [5, 5.41) is 11.1. The summed E-state index contributed by atoms with van der Waals surface area (Å²) in [6, 6.07) is 15.1. The van der Waals surface area contributed by atoms with Gasteiger partial charge < -0.3 is 10.1 Å². The molecule has 3 aromatic rings. The molecule has 0 saturated carbocycles. The maximum absolute atomic E-state index is 12.3. The summed E-state index contributed by atoms with van der Waals surface area (Å²) in [6.45, 7) is 4.19. The number of aromatic nitrogens is 3. The van der Waals surface area contributed by atoms with Crippen molar-refractivity contribution in [3.05, 3.63) is 66.0 Å². The van der Waals surface area contributed by atoms with Crippen molar-refractivity contribution in [3.8, 4) is 11.4 Å². The minimum absolute atomic E-state index is 0.0741. The van der Waals surface area contributed by atoms with E-state index >= 15 is 0 Å². The van der Waals surface area contributed by atoms with E-state index in [-0.39, 0.29) is 5.91 Å². The Kier molecular flexibility index (Phi) is 5.31. The molecule has 6 nitrogen and oxygen atoms in total. The first kappa shape index (κ1) is 17.7. The van der Waals surface area contributed by atoms with Gasteiger partial charge in [-0.1, -0.05) is 37.3 Å². The molecular weight excluding hydrogens is 328 g/mol. The van der Waals surface area contributed by atoms with Gasteiger partial charge in [0, 0.05) is 5.69 Å². The van der Waals surface area contributed by atoms with Gasteiger partial charge in [-0.2, -0.15) is 0 Å². The van der Waals surface area contributed by atoms with Crippen molar-refractivity contribution in [2.45, 2.75) is 26.2 Å². The van der Waals surface area contributed by atoms with Gasteiger partial charge >= 0.3 is 0 Å². The number of rotatable bonds is 6. The highest BCUT2D eigenvalue weighted by Crippen LogP contribution is 2.20. The molecule has 0 unspecified atom stereocenters. The number of carbonyl (C=O) groups excluding carboxylic acids is 1. The van der Waals surface area contributed by atoms with Crippen molar-refractivity contribution in [1.82, 2.24) is 15.0 Å². The van der Waals surface area contributed by atoms with Gasteiger partial charge in [0.25, 0.3) is 0 Å². The minimum atomic E-state index is -0.0741. The highest BCUT2D eigenvalue weighted by atomic mass is 16.5. The van der Waals surface area contributed by atoms with Gasteiger partial charge in [0.2, 0.25) is 5.91 Å². The monoisotopic (exact) mass is 350 g/mol. The molecule has 0 radical (unpaired) electrons. The van der Waals surface area contributed by atoms with Gasteiger partial charge in [0.1, 0.15) is 5.75 Å². The average molecular weight is 350 g/mol. The van der Waals surface area contributed by atoms with Crippen LogP contribution in [0.25, 0.3) is 5.69 Å². The zero-order valence-electron chi connectivity index (χ0n) is 15.1. The number of methoxy groups -OCH3 is 1. The largest absolute Gasteiger partial charge is 0.497 e. The number of ether oxygens (including phenoxy) is 1. The second-order valence-electron chi connectivity index (χ2n) is 6.35. The van der Waals surface area contributed by atoms with E-state index in [4.69, 9.17) is 4.74 Å². The number of amides is 1. The molecule has 0 atom stereocenters. The van der Waals surface area contributed by atoms with Crippen LogP contribution in [0.2, 0.25) is 0 Å². The molecule has 0 aliphatic heterocycles. The molecule has 0 aliphatic carbocycles. The molecule has 0 saturated heterocycles. The van der Waals surface area contributed by atoms with Gasteiger partial charge in [-0.15, -0.1) is 5.10 Å². The molecule has 1 N–H and O–H groups in total. The summed E-state index contributed by atoms with van der Waals surface area (Å²) in [6.07, 6.45) is 2.06. The highest BCUT2D eigenvalue weighted by Gasteiger charge is 2.11. The van der Waals surface area contributed by atoms with E-state index in [1.807, 2.05) is 48.5 Å². The lowest BCUT2D eigenvalue weighted by Gasteiger charge is -2.11. The van der Waals surface area contributed by atoms with Crippen molar-refractivity contribution in [1.29, 1.82) is 0 Å². The third kappa shape index (κ3) is 4.08. The average Bonchev–Trinajstić information content (AvgIpc) is 3.12. The molecule has 0 bridgehead atoms. The van der Waals surface area contributed by atoms with Crippen LogP contribution in [-0.2, 0) is 11.2 Å². The minimum Gasteiger partial charge on any atom is -0.497 e. The Morgan fingerprint density at radius 1 is 1.19 bits per heavy atom. The number of hydrogen-bond acceptors (Lipinski definition) is 4. The Morgan fingerprint density at radius 2 is 1.96 bits per heavy atom. The van der Waals surface area contributed by atoms with Gasteiger partial charge in [-0.25, -0.2) is 4.68 Å². The third-order valence-electron chi connectivity index (χ3n) is 4.07. The molecule has 26 heavy (non-hydrogen) atoms. The van der Waals surface area contributed by atoms with Crippen molar-refractivity contribution in [2.24, 2.45) is 0 Å². The van der Waals surface area contributed by atoms with Gasteiger partial charge in [0.15, 0.2) is 0 Å². The summed E-state index contributed by atoms with van der Waals surface area (Å²) >= 11 is 0. The summed E-state index contributed by atoms with van der Waals surface area (Å²) < 4.78 is 6.93. The summed E-state index contributed by atoms with van der Waals surface area (Å²) in [7, 11) is 1.62. The lowest BCUT2D eigenvalue weighted by molar-refractivity contribution is -0.115. The Morgan fingerprint density at radius 3 is 2.65 bits per heavy atom. The highest BCUT2D eigenvalue weighted by molar-refractivity contribution is 5.92. The van der Waals surface area contributed by atoms with Crippen molar-refractivity contribution in [2.75, 3.05) is 12.4 Å². The van der Waals surface area contributed by atoms with E-state index in [0.29, 0.717) is 12.3 Å².